The van der Waals surface area contributed by atoms with Crippen LogP contribution in [0.2, 0.25) is 0 Å². The maximum atomic E-state index is 12.8. The molecule has 2 aromatic rings. The van der Waals surface area contributed by atoms with Crippen LogP contribution in [-0.2, 0) is 6.54 Å². The summed E-state index contributed by atoms with van der Waals surface area (Å²) in [6.45, 7) is 8.02. The lowest BCUT2D eigenvalue weighted by atomic mass is 9.64. The Kier molecular flexibility index (Phi) is 5.76. The van der Waals surface area contributed by atoms with Gasteiger partial charge in [0.05, 0.1) is 11.9 Å². The number of fused-ring (bicyclic) bond motifs is 3. The first kappa shape index (κ1) is 20.8. The summed E-state index contributed by atoms with van der Waals surface area (Å²) in [4.78, 5) is 16.8. The van der Waals surface area contributed by atoms with Gasteiger partial charge in [-0.2, -0.15) is 0 Å². The van der Waals surface area contributed by atoms with Gasteiger partial charge in [0.25, 0.3) is 5.91 Å². The first-order valence-corrected chi connectivity index (χ1v) is 11.2. The van der Waals surface area contributed by atoms with Crippen LogP contribution in [0.15, 0.2) is 30.9 Å². The molecule has 1 amide bonds. The van der Waals surface area contributed by atoms with Crippen LogP contribution < -0.4 is 10.1 Å². The number of aromatic hydroxyl groups is 1. The number of carbonyl (C=O) groups is 1. The third kappa shape index (κ3) is 4.05. The third-order valence-electron chi connectivity index (χ3n) is 6.86. The number of ether oxygens (including phenoxy) is 1. The van der Waals surface area contributed by atoms with Gasteiger partial charge in [-0.15, -0.1) is 0 Å². The highest BCUT2D eigenvalue weighted by atomic mass is 16.5. The molecule has 2 heterocycles. The van der Waals surface area contributed by atoms with Crippen LogP contribution in [0.3, 0.4) is 0 Å². The van der Waals surface area contributed by atoms with Gasteiger partial charge in [-0.1, -0.05) is 13.3 Å². The standard InChI is InChI=1S/C24H33N3O3/c1-16-6-8-19-18(14-16)21-20(30-24(19,2)3)9-7-17(22(21)28)23(29)26-10-4-5-12-27-13-11-25-15-27/h7,9,11,13,15-16,18-19,28H,4-6,8,10,12,14H2,1-3H3,(H,26,29)/t16-,18-,19-/m1/s1. The van der Waals surface area contributed by atoms with E-state index in [1.807, 2.05) is 16.8 Å². The number of imidazole rings is 1. The van der Waals surface area contributed by atoms with Crippen molar-refractivity contribution in [1.82, 2.24) is 14.9 Å². The smallest absolute Gasteiger partial charge is 0.255 e. The number of phenolic OH excluding ortho intramolecular Hbond substituents is 1. The summed E-state index contributed by atoms with van der Waals surface area (Å²) >= 11 is 0. The first-order chi connectivity index (χ1) is 14.4. The fourth-order valence-electron chi connectivity index (χ4n) is 5.25. The summed E-state index contributed by atoms with van der Waals surface area (Å²) in [5.74, 6) is 1.81. The molecule has 1 fully saturated rings. The van der Waals surface area contributed by atoms with Gasteiger partial charge in [-0.05, 0) is 63.5 Å². The molecule has 1 aliphatic heterocycles. The molecule has 1 saturated carbocycles. The summed E-state index contributed by atoms with van der Waals surface area (Å²) in [5, 5.41) is 14.0. The Balaban J connectivity index is 1.45. The minimum Gasteiger partial charge on any atom is -0.507 e. The minimum absolute atomic E-state index is 0.100. The summed E-state index contributed by atoms with van der Waals surface area (Å²) < 4.78 is 8.32. The molecule has 0 bridgehead atoms. The SMILES string of the molecule is C[C@@H]1CC[C@@H]2[C@@H](C1)c1c(ccc(C(=O)NCCCCn3ccnc3)c1O)OC2(C)C. The monoisotopic (exact) mass is 411 g/mol. The maximum absolute atomic E-state index is 12.8. The second-order valence-corrected chi connectivity index (χ2v) is 9.47. The molecule has 30 heavy (non-hydrogen) atoms. The Hall–Kier alpha value is -2.50. The molecule has 162 valence electrons. The number of aryl methyl sites for hydroxylation is 1. The molecule has 2 aliphatic rings. The van der Waals surface area contributed by atoms with Gasteiger partial charge in [0.15, 0.2) is 0 Å². The second kappa shape index (κ2) is 8.32. The largest absolute Gasteiger partial charge is 0.507 e. The van der Waals surface area contributed by atoms with Crippen molar-refractivity contribution >= 4 is 5.91 Å². The highest BCUT2D eigenvalue weighted by Crippen LogP contribution is 2.55. The molecular formula is C24H33N3O3. The number of carbonyl (C=O) groups excluding carboxylic acids is 1. The van der Waals surface area contributed by atoms with Gasteiger partial charge in [0.1, 0.15) is 17.1 Å². The number of rotatable bonds is 6. The van der Waals surface area contributed by atoms with Gasteiger partial charge in [-0.3, -0.25) is 4.79 Å². The van der Waals surface area contributed by atoms with E-state index >= 15 is 0 Å². The first-order valence-electron chi connectivity index (χ1n) is 11.2. The molecule has 1 aromatic heterocycles. The van der Waals surface area contributed by atoms with Crippen molar-refractivity contribution in [2.24, 2.45) is 11.8 Å². The number of nitrogens with one attached hydrogen (secondary N) is 1. The van der Waals surface area contributed by atoms with Gasteiger partial charge < -0.3 is 19.7 Å². The molecule has 0 saturated heterocycles. The summed E-state index contributed by atoms with van der Waals surface area (Å²) in [6.07, 6.45) is 10.6. The highest BCUT2D eigenvalue weighted by Gasteiger charge is 2.47. The van der Waals surface area contributed by atoms with Crippen LogP contribution >= 0.6 is 0 Å². The van der Waals surface area contributed by atoms with E-state index < -0.39 is 0 Å². The second-order valence-electron chi connectivity index (χ2n) is 9.47. The Labute approximate surface area is 178 Å². The molecule has 6 nitrogen and oxygen atoms in total. The van der Waals surface area contributed by atoms with E-state index in [2.05, 4.69) is 31.1 Å². The molecule has 4 rings (SSSR count). The molecule has 1 aliphatic carbocycles. The number of phenols is 1. The molecule has 6 heteroatoms. The van der Waals surface area contributed by atoms with Crippen LogP contribution in [0.25, 0.3) is 0 Å². The van der Waals surface area contributed by atoms with Crippen molar-refractivity contribution < 1.29 is 14.6 Å². The molecule has 0 radical (unpaired) electrons. The molecule has 0 unspecified atom stereocenters. The van der Waals surface area contributed by atoms with E-state index in [4.69, 9.17) is 4.74 Å². The fraction of sp³-hybridized carbons (Fsp3) is 0.583. The van der Waals surface area contributed by atoms with E-state index in [1.54, 1.807) is 18.6 Å². The van der Waals surface area contributed by atoms with Gasteiger partial charge in [-0.25, -0.2) is 4.98 Å². The maximum Gasteiger partial charge on any atom is 0.255 e. The zero-order valence-electron chi connectivity index (χ0n) is 18.2. The lowest BCUT2D eigenvalue weighted by Crippen LogP contribution is -2.46. The van der Waals surface area contributed by atoms with E-state index in [0.717, 1.165) is 43.5 Å². The van der Waals surface area contributed by atoms with Crippen LogP contribution in [0.5, 0.6) is 11.5 Å². The van der Waals surface area contributed by atoms with E-state index in [0.29, 0.717) is 23.9 Å². The predicted molar refractivity (Wildman–Crippen MR) is 116 cm³/mol. The zero-order chi connectivity index (χ0) is 21.3. The van der Waals surface area contributed by atoms with E-state index in [1.165, 1.54) is 6.42 Å². The van der Waals surface area contributed by atoms with Crippen LogP contribution in [0.4, 0.5) is 0 Å². The number of hydrogen-bond acceptors (Lipinski definition) is 4. The van der Waals surface area contributed by atoms with Crippen molar-refractivity contribution in [1.29, 1.82) is 0 Å². The predicted octanol–water partition coefficient (Wildman–Crippen LogP) is 4.49. The van der Waals surface area contributed by atoms with Crippen molar-refractivity contribution in [3.05, 3.63) is 42.0 Å². The number of nitrogens with zero attached hydrogens (tertiary/aromatic N) is 2. The van der Waals surface area contributed by atoms with Crippen LogP contribution in [-0.4, -0.2) is 32.7 Å². The Morgan fingerprint density at radius 1 is 1.33 bits per heavy atom. The average Bonchev–Trinajstić information content (AvgIpc) is 3.20. The molecule has 1 aromatic carbocycles. The van der Waals surface area contributed by atoms with E-state index in [9.17, 15) is 9.90 Å². The molecule has 3 atom stereocenters. The van der Waals surface area contributed by atoms with Gasteiger partial charge in [0.2, 0.25) is 0 Å². The topological polar surface area (TPSA) is 76.4 Å². The van der Waals surface area contributed by atoms with Crippen molar-refractivity contribution in [3.63, 3.8) is 0 Å². The van der Waals surface area contributed by atoms with E-state index in [-0.39, 0.29) is 23.2 Å². The molecular weight excluding hydrogens is 378 g/mol. The Morgan fingerprint density at radius 2 is 2.17 bits per heavy atom. The summed E-state index contributed by atoms with van der Waals surface area (Å²) in [6, 6.07) is 3.55. The quantitative estimate of drug-likeness (QED) is 0.687. The number of unbranched alkanes of at least 4 members (excludes halogenated alkanes) is 1. The van der Waals surface area contributed by atoms with Crippen LogP contribution in [0, 0.1) is 11.8 Å². The average molecular weight is 412 g/mol. The van der Waals surface area contributed by atoms with Gasteiger partial charge >= 0.3 is 0 Å². The number of hydrogen-bond donors (Lipinski definition) is 2. The minimum atomic E-state index is -0.261. The number of amides is 1. The Bertz CT molecular complexity index is 891. The van der Waals surface area contributed by atoms with Crippen LogP contribution in [0.1, 0.15) is 74.7 Å². The number of benzene rings is 1. The van der Waals surface area contributed by atoms with Crippen molar-refractivity contribution in [3.8, 4) is 11.5 Å². The lowest BCUT2D eigenvalue weighted by Gasteiger charge is -2.48. The Morgan fingerprint density at radius 3 is 2.93 bits per heavy atom. The molecule has 2 N–H and O–H groups in total. The summed E-state index contributed by atoms with van der Waals surface area (Å²) in [7, 11) is 0. The number of aromatic nitrogens is 2. The normalized spacial score (nSPS) is 24.4. The highest BCUT2D eigenvalue weighted by molar-refractivity contribution is 5.97. The summed E-state index contributed by atoms with van der Waals surface area (Å²) in [5.41, 5.74) is 0.922. The third-order valence-corrected chi connectivity index (χ3v) is 6.86. The lowest BCUT2D eigenvalue weighted by molar-refractivity contribution is -0.0145. The zero-order valence-corrected chi connectivity index (χ0v) is 18.2. The van der Waals surface area contributed by atoms with Gasteiger partial charge in [0, 0.05) is 37.0 Å². The van der Waals surface area contributed by atoms with Crippen molar-refractivity contribution in [2.75, 3.05) is 6.54 Å². The van der Waals surface area contributed by atoms with Crippen molar-refractivity contribution in [2.45, 2.75) is 70.9 Å². The fourth-order valence-corrected chi connectivity index (χ4v) is 5.25. The molecule has 0 spiro atoms.